The maximum Gasteiger partial charge on any atom is 0.327 e. The first-order valence-electron chi connectivity index (χ1n) is 6.51. The van der Waals surface area contributed by atoms with Crippen LogP contribution >= 0.6 is 11.8 Å². The van der Waals surface area contributed by atoms with E-state index >= 15 is 0 Å². The molecule has 0 aromatic carbocycles. The molecule has 1 rings (SSSR count). The maximum absolute atomic E-state index is 12.2. The second kappa shape index (κ2) is 8.27. The first-order chi connectivity index (χ1) is 9.07. The smallest absolute Gasteiger partial charge is 0.327 e. The van der Waals surface area contributed by atoms with Crippen LogP contribution in [0.5, 0.6) is 0 Å². The van der Waals surface area contributed by atoms with E-state index in [-0.39, 0.29) is 12.6 Å². The molecule has 19 heavy (non-hydrogen) atoms. The molecule has 1 unspecified atom stereocenters. The molecule has 1 saturated heterocycles. The number of urea groups is 1. The van der Waals surface area contributed by atoms with E-state index in [1.165, 1.54) is 4.90 Å². The number of carboxylic acids is 1. The topological polar surface area (TPSA) is 81.1 Å². The molecule has 0 radical (unpaired) electrons. The molecule has 0 aromatic rings. The summed E-state index contributed by atoms with van der Waals surface area (Å²) in [6.07, 6.45) is 2.43. The predicted octanol–water partition coefficient (Wildman–Crippen LogP) is 0.703. The Balaban J connectivity index is 2.46. The van der Waals surface area contributed by atoms with Gasteiger partial charge in [-0.3, -0.25) is 0 Å². The van der Waals surface area contributed by atoms with E-state index in [0.717, 1.165) is 25.0 Å². The largest absolute Gasteiger partial charge is 0.480 e. The van der Waals surface area contributed by atoms with Crippen molar-refractivity contribution in [3.8, 4) is 0 Å². The van der Waals surface area contributed by atoms with Crippen molar-refractivity contribution in [1.82, 2.24) is 9.80 Å². The Bertz CT molecular complexity index is 314. The van der Waals surface area contributed by atoms with Crippen LogP contribution in [0.15, 0.2) is 0 Å². The van der Waals surface area contributed by atoms with Gasteiger partial charge in [-0.1, -0.05) is 0 Å². The summed E-state index contributed by atoms with van der Waals surface area (Å²) in [7, 11) is 1.70. The molecule has 0 spiro atoms. The molecule has 0 aromatic heterocycles. The number of thioether (sulfide) groups is 1. The lowest BCUT2D eigenvalue weighted by Gasteiger charge is -2.35. The van der Waals surface area contributed by atoms with Crippen LogP contribution in [0.1, 0.15) is 19.3 Å². The van der Waals surface area contributed by atoms with Crippen molar-refractivity contribution < 1.29 is 19.8 Å². The average Bonchev–Trinajstić information content (AvgIpc) is 2.42. The van der Waals surface area contributed by atoms with Gasteiger partial charge in [0.1, 0.15) is 6.04 Å². The third kappa shape index (κ3) is 4.91. The summed E-state index contributed by atoms with van der Waals surface area (Å²) in [6.45, 7) is 1.25. The first kappa shape index (κ1) is 16.1. The summed E-state index contributed by atoms with van der Waals surface area (Å²) in [5.41, 5.74) is 0. The highest BCUT2D eigenvalue weighted by atomic mass is 32.2. The molecule has 0 bridgehead atoms. The Morgan fingerprint density at radius 3 is 2.74 bits per heavy atom. The second-order valence-electron chi connectivity index (χ2n) is 4.61. The van der Waals surface area contributed by atoms with Gasteiger partial charge in [0.2, 0.25) is 0 Å². The van der Waals surface area contributed by atoms with Crippen molar-refractivity contribution in [3.63, 3.8) is 0 Å². The van der Waals surface area contributed by atoms with Crippen molar-refractivity contribution in [2.45, 2.75) is 25.3 Å². The molecular formula is C12H22N2O4S. The highest BCUT2D eigenvalue weighted by molar-refractivity contribution is 7.99. The number of rotatable bonds is 6. The van der Waals surface area contributed by atoms with Gasteiger partial charge in [0, 0.05) is 38.2 Å². The number of carbonyl (C=O) groups is 2. The molecule has 7 heteroatoms. The van der Waals surface area contributed by atoms with Crippen molar-refractivity contribution >= 4 is 23.8 Å². The Morgan fingerprint density at radius 1 is 1.37 bits per heavy atom. The number of unbranched alkanes of at least 4 members (excludes halogenated alkanes) is 2. The van der Waals surface area contributed by atoms with E-state index in [1.54, 1.807) is 23.7 Å². The van der Waals surface area contributed by atoms with E-state index in [0.29, 0.717) is 18.8 Å². The summed E-state index contributed by atoms with van der Waals surface area (Å²) in [4.78, 5) is 26.4. The highest BCUT2D eigenvalue weighted by Crippen LogP contribution is 2.18. The summed E-state index contributed by atoms with van der Waals surface area (Å²) in [6, 6.07) is -0.928. The van der Waals surface area contributed by atoms with Gasteiger partial charge in [0.15, 0.2) is 0 Å². The summed E-state index contributed by atoms with van der Waals surface area (Å²) in [5, 5.41) is 17.8. The van der Waals surface area contributed by atoms with E-state index in [4.69, 9.17) is 10.2 Å². The van der Waals surface area contributed by atoms with Crippen LogP contribution in [0.3, 0.4) is 0 Å². The fourth-order valence-corrected chi connectivity index (χ4v) is 3.03. The lowest BCUT2D eigenvalue weighted by Crippen LogP contribution is -2.54. The van der Waals surface area contributed by atoms with Crippen LogP contribution in [0, 0.1) is 0 Å². The quantitative estimate of drug-likeness (QED) is 0.704. The molecule has 1 fully saturated rings. The summed E-state index contributed by atoms with van der Waals surface area (Å²) < 4.78 is 0. The number of aliphatic hydroxyl groups excluding tert-OH is 1. The maximum atomic E-state index is 12.2. The molecule has 0 saturated carbocycles. The normalized spacial score (nSPS) is 19.3. The van der Waals surface area contributed by atoms with Crippen molar-refractivity contribution in [2.75, 3.05) is 38.2 Å². The molecule has 2 N–H and O–H groups in total. The molecular weight excluding hydrogens is 268 g/mol. The summed E-state index contributed by atoms with van der Waals surface area (Å²) in [5.74, 6) is 0.307. The fraction of sp³-hybridized carbons (Fsp3) is 0.833. The number of aliphatic carboxylic acids is 1. The monoisotopic (exact) mass is 290 g/mol. The number of aliphatic hydroxyl groups is 1. The standard InChI is InChI=1S/C12H22N2O4S/c1-13(5-3-2-4-7-15)12(18)14-6-8-19-9-10(14)11(16)17/h10,15H,2-9H2,1H3,(H,16,17). The number of hydrogen-bond acceptors (Lipinski definition) is 4. The van der Waals surface area contributed by atoms with E-state index in [2.05, 4.69) is 0 Å². The first-order valence-corrected chi connectivity index (χ1v) is 7.66. The molecule has 1 atom stereocenters. The Hall–Kier alpha value is -0.950. The van der Waals surface area contributed by atoms with Crippen molar-refractivity contribution in [1.29, 1.82) is 0 Å². The fourth-order valence-electron chi connectivity index (χ4n) is 1.99. The summed E-state index contributed by atoms with van der Waals surface area (Å²) >= 11 is 1.57. The van der Waals surface area contributed by atoms with E-state index in [1.807, 2.05) is 0 Å². The van der Waals surface area contributed by atoms with Crippen LogP contribution < -0.4 is 0 Å². The minimum Gasteiger partial charge on any atom is -0.480 e. The molecule has 2 amide bonds. The number of carboxylic acid groups (broad SMARTS) is 1. The number of nitrogens with zero attached hydrogens (tertiary/aromatic N) is 2. The third-order valence-corrected chi connectivity index (χ3v) is 4.16. The van der Waals surface area contributed by atoms with Gasteiger partial charge in [-0.25, -0.2) is 9.59 Å². The van der Waals surface area contributed by atoms with Gasteiger partial charge in [-0.2, -0.15) is 11.8 Å². The van der Waals surface area contributed by atoms with E-state index < -0.39 is 12.0 Å². The number of hydrogen-bond donors (Lipinski definition) is 2. The molecule has 6 nitrogen and oxygen atoms in total. The van der Waals surface area contributed by atoms with Crippen LogP contribution in [0.25, 0.3) is 0 Å². The van der Waals surface area contributed by atoms with Crippen LogP contribution in [0.2, 0.25) is 0 Å². The zero-order chi connectivity index (χ0) is 14.3. The van der Waals surface area contributed by atoms with Crippen molar-refractivity contribution in [2.24, 2.45) is 0 Å². The lowest BCUT2D eigenvalue weighted by atomic mass is 10.2. The van der Waals surface area contributed by atoms with Gasteiger partial charge in [0.25, 0.3) is 0 Å². The zero-order valence-corrected chi connectivity index (χ0v) is 12.1. The lowest BCUT2D eigenvalue weighted by molar-refractivity contribution is -0.141. The number of amides is 2. The minimum atomic E-state index is -0.936. The molecule has 0 aliphatic carbocycles. The average molecular weight is 290 g/mol. The van der Waals surface area contributed by atoms with E-state index in [9.17, 15) is 9.59 Å². The molecule has 110 valence electrons. The van der Waals surface area contributed by atoms with Gasteiger partial charge >= 0.3 is 12.0 Å². The van der Waals surface area contributed by atoms with Crippen LogP contribution in [0.4, 0.5) is 4.79 Å². The third-order valence-electron chi connectivity index (χ3n) is 3.14. The predicted molar refractivity (Wildman–Crippen MR) is 74.4 cm³/mol. The van der Waals surface area contributed by atoms with Crippen LogP contribution in [-0.2, 0) is 4.79 Å². The molecule has 1 heterocycles. The number of carbonyl (C=O) groups excluding carboxylic acids is 1. The Labute approximate surface area is 117 Å². The Morgan fingerprint density at radius 2 is 2.11 bits per heavy atom. The van der Waals surface area contributed by atoms with Gasteiger partial charge in [-0.15, -0.1) is 0 Å². The van der Waals surface area contributed by atoms with Gasteiger partial charge in [-0.05, 0) is 19.3 Å². The molecule has 1 aliphatic rings. The van der Waals surface area contributed by atoms with Gasteiger partial charge < -0.3 is 20.0 Å². The zero-order valence-electron chi connectivity index (χ0n) is 11.2. The Kier molecular flexibility index (Phi) is 7.01. The minimum absolute atomic E-state index is 0.169. The highest BCUT2D eigenvalue weighted by Gasteiger charge is 2.33. The molecule has 1 aliphatic heterocycles. The van der Waals surface area contributed by atoms with Crippen LogP contribution in [-0.4, -0.2) is 76.3 Å². The SMILES string of the molecule is CN(CCCCCO)C(=O)N1CCSCC1C(=O)O. The second-order valence-corrected chi connectivity index (χ2v) is 5.76. The van der Waals surface area contributed by atoms with Gasteiger partial charge in [0.05, 0.1) is 0 Å². The van der Waals surface area contributed by atoms with Crippen molar-refractivity contribution in [3.05, 3.63) is 0 Å².